The summed E-state index contributed by atoms with van der Waals surface area (Å²) in [6, 6.07) is 14.3. The third-order valence-electron chi connectivity index (χ3n) is 4.31. The topological polar surface area (TPSA) is 46.2 Å². The first-order valence-corrected chi connectivity index (χ1v) is 7.66. The molecule has 1 aromatic heterocycles. The minimum atomic E-state index is -0.268. The third kappa shape index (κ3) is 2.98. The van der Waals surface area contributed by atoms with E-state index in [-0.39, 0.29) is 11.1 Å². The Morgan fingerprint density at radius 1 is 1.14 bits per heavy atom. The van der Waals surface area contributed by atoms with Crippen LogP contribution >= 0.6 is 0 Å². The number of rotatable bonds is 6. The van der Waals surface area contributed by atoms with Crippen LogP contribution in [0.15, 0.2) is 48.7 Å². The quantitative estimate of drug-likeness (QED) is 0.800. The van der Waals surface area contributed by atoms with Crippen LogP contribution in [0.1, 0.15) is 37.9 Å². The number of hydrogen-bond acceptors (Lipinski definition) is 4. The summed E-state index contributed by atoms with van der Waals surface area (Å²) < 4.78 is 5.65. The summed E-state index contributed by atoms with van der Waals surface area (Å²) in [7, 11) is 1.79. The van der Waals surface area contributed by atoms with Crippen molar-refractivity contribution in [1.82, 2.24) is 10.4 Å². The van der Waals surface area contributed by atoms with Gasteiger partial charge in [-0.05, 0) is 56.5 Å². The van der Waals surface area contributed by atoms with Crippen molar-refractivity contribution in [2.24, 2.45) is 0 Å². The lowest BCUT2D eigenvalue weighted by atomic mass is 10.0. The molecule has 2 N–H and O–H groups in total. The van der Waals surface area contributed by atoms with Crippen LogP contribution < -0.4 is 10.9 Å². The molecule has 116 valence electrons. The third-order valence-corrected chi connectivity index (χ3v) is 4.31. The molecule has 4 heteroatoms. The number of nitrogens with zero attached hydrogens (tertiary/aromatic N) is 1. The van der Waals surface area contributed by atoms with Crippen molar-refractivity contribution >= 4 is 5.69 Å². The summed E-state index contributed by atoms with van der Waals surface area (Å²) in [5.74, 6) is 0. The molecule has 0 spiro atoms. The van der Waals surface area contributed by atoms with Gasteiger partial charge in [0.05, 0.1) is 16.8 Å². The Morgan fingerprint density at radius 2 is 1.95 bits per heavy atom. The number of pyridine rings is 1. The van der Waals surface area contributed by atoms with Crippen molar-refractivity contribution in [2.45, 2.75) is 37.8 Å². The Labute approximate surface area is 131 Å². The number of hydrogen-bond donors (Lipinski definition) is 2. The Balaban J connectivity index is 1.70. The Morgan fingerprint density at radius 3 is 2.59 bits per heavy atom. The van der Waals surface area contributed by atoms with Gasteiger partial charge in [0.1, 0.15) is 0 Å². The highest BCUT2D eigenvalue weighted by molar-refractivity contribution is 5.48. The second kappa shape index (κ2) is 5.71. The number of anilines is 1. The lowest BCUT2D eigenvalue weighted by Crippen LogP contribution is -2.41. The molecular formula is C18H23N3O. The highest BCUT2D eigenvalue weighted by atomic mass is 16.5. The lowest BCUT2D eigenvalue weighted by Gasteiger charge is -2.27. The van der Waals surface area contributed by atoms with Gasteiger partial charge in [0.15, 0.2) is 0 Å². The minimum absolute atomic E-state index is 0.0613. The van der Waals surface area contributed by atoms with E-state index in [1.54, 1.807) is 7.11 Å². The molecule has 2 aromatic rings. The van der Waals surface area contributed by atoms with Crippen molar-refractivity contribution < 1.29 is 4.74 Å². The highest BCUT2D eigenvalue weighted by Crippen LogP contribution is 2.49. The van der Waals surface area contributed by atoms with Crippen LogP contribution in [0.25, 0.3) is 0 Å². The minimum Gasteiger partial charge on any atom is -0.374 e. The van der Waals surface area contributed by atoms with E-state index in [0.717, 1.165) is 24.2 Å². The first-order chi connectivity index (χ1) is 10.6. The van der Waals surface area contributed by atoms with E-state index in [4.69, 9.17) is 4.74 Å². The van der Waals surface area contributed by atoms with E-state index in [2.05, 4.69) is 53.9 Å². The summed E-state index contributed by atoms with van der Waals surface area (Å²) in [4.78, 5) is 4.42. The van der Waals surface area contributed by atoms with Crippen LogP contribution in [0.5, 0.6) is 0 Å². The summed E-state index contributed by atoms with van der Waals surface area (Å²) >= 11 is 0. The van der Waals surface area contributed by atoms with Gasteiger partial charge in [-0.15, -0.1) is 0 Å². The van der Waals surface area contributed by atoms with Gasteiger partial charge >= 0.3 is 0 Å². The first-order valence-electron chi connectivity index (χ1n) is 7.66. The van der Waals surface area contributed by atoms with E-state index in [0.29, 0.717) is 0 Å². The zero-order valence-electron chi connectivity index (χ0n) is 13.4. The maximum atomic E-state index is 5.65. The van der Waals surface area contributed by atoms with Crippen molar-refractivity contribution in [2.75, 3.05) is 12.5 Å². The van der Waals surface area contributed by atoms with Crippen molar-refractivity contribution in [3.05, 3.63) is 59.9 Å². The van der Waals surface area contributed by atoms with Gasteiger partial charge in [-0.3, -0.25) is 4.98 Å². The van der Waals surface area contributed by atoms with E-state index in [9.17, 15) is 0 Å². The Kier molecular flexibility index (Phi) is 3.89. The molecule has 0 unspecified atom stereocenters. The number of hydrazine groups is 1. The van der Waals surface area contributed by atoms with Gasteiger partial charge in [0.2, 0.25) is 0 Å². The monoisotopic (exact) mass is 297 g/mol. The average Bonchev–Trinajstić information content (AvgIpc) is 3.36. The summed E-state index contributed by atoms with van der Waals surface area (Å²) in [6.45, 7) is 4.20. The molecule has 1 aliphatic rings. The maximum Gasteiger partial charge on any atom is 0.0930 e. The zero-order chi connectivity index (χ0) is 15.6. The van der Waals surface area contributed by atoms with Crippen LogP contribution in [0.2, 0.25) is 0 Å². The van der Waals surface area contributed by atoms with Crippen molar-refractivity contribution in [3.63, 3.8) is 0 Å². The van der Waals surface area contributed by atoms with E-state index in [1.807, 2.05) is 24.4 Å². The van der Waals surface area contributed by atoms with E-state index >= 15 is 0 Å². The predicted octanol–water partition coefficient (Wildman–Crippen LogP) is 3.57. The highest BCUT2D eigenvalue weighted by Gasteiger charge is 2.44. The largest absolute Gasteiger partial charge is 0.374 e. The smallest absolute Gasteiger partial charge is 0.0930 e. The summed E-state index contributed by atoms with van der Waals surface area (Å²) in [6.07, 6.45) is 4.01. The number of benzene rings is 1. The zero-order valence-corrected chi connectivity index (χ0v) is 13.4. The second-order valence-corrected chi connectivity index (χ2v) is 6.37. The number of methoxy groups -OCH3 is 1. The molecule has 22 heavy (non-hydrogen) atoms. The molecular weight excluding hydrogens is 274 g/mol. The number of nitrogens with one attached hydrogen (secondary N) is 2. The number of ether oxygens (including phenoxy) is 1. The normalized spacial score (nSPS) is 16.3. The SMILES string of the molecule is COC1(c2cccc(NNC(C)(C)c3ccccn3)c2)CC1. The molecule has 1 saturated carbocycles. The van der Waals surface area contributed by atoms with Crippen molar-refractivity contribution in [3.8, 4) is 0 Å². The first kappa shape index (κ1) is 15.0. The molecule has 0 bridgehead atoms. The molecule has 0 aliphatic heterocycles. The molecule has 0 atom stereocenters. The van der Waals surface area contributed by atoms with Crippen LogP contribution in [-0.2, 0) is 15.9 Å². The fourth-order valence-corrected chi connectivity index (χ4v) is 2.63. The predicted molar refractivity (Wildman–Crippen MR) is 88.4 cm³/mol. The average molecular weight is 297 g/mol. The van der Waals surface area contributed by atoms with Crippen molar-refractivity contribution in [1.29, 1.82) is 0 Å². The van der Waals surface area contributed by atoms with Gasteiger partial charge in [0.25, 0.3) is 0 Å². The fourth-order valence-electron chi connectivity index (χ4n) is 2.63. The lowest BCUT2D eigenvalue weighted by molar-refractivity contribution is 0.0789. The van der Waals surface area contributed by atoms with Crippen LogP contribution in [0.3, 0.4) is 0 Å². The summed E-state index contributed by atoms with van der Waals surface area (Å²) in [5.41, 5.74) is 9.59. The summed E-state index contributed by atoms with van der Waals surface area (Å²) in [5, 5.41) is 0. The van der Waals surface area contributed by atoms with Gasteiger partial charge in [0, 0.05) is 19.0 Å². The fraction of sp³-hybridized carbons (Fsp3) is 0.389. The molecule has 0 saturated heterocycles. The molecule has 3 rings (SSSR count). The maximum absolute atomic E-state index is 5.65. The molecule has 1 aliphatic carbocycles. The standard InChI is InChI=1S/C18H23N3O/c1-17(2,16-9-4-5-12-19-16)21-20-15-8-6-7-14(13-15)18(22-3)10-11-18/h4-9,12-13,20-21H,10-11H2,1-3H3. The van der Waals surface area contributed by atoms with Crippen LogP contribution in [0, 0.1) is 0 Å². The van der Waals surface area contributed by atoms with Gasteiger partial charge < -0.3 is 10.2 Å². The Hall–Kier alpha value is -1.91. The molecule has 4 nitrogen and oxygen atoms in total. The molecule has 1 fully saturated rings. The van der Waals surface area contributed by atoms with Gasteiger partial charge in [-0.2, -0.15) is 0 Å². The van der Waals surface area contributed by atoms with E-state index < -0.39 is 0 Å². The molecule has 1 aromatic carbocycles. The molecule has 0 amide bonds. The van der Waals surface area contributed by atoms with Crippen LogP contribution in [0.4, 0.5) is 5.69 Å². The number of aromatic nitrogens is 1. The second-order valence-electron chi connectivity index (χ2n) is 6.37. The molecule has 1 heterocycles. The molecule has 0 radical (unpaired) electrons. The van der Waals surface area contributed by atoms with Crippen LogP contribution in [-0.4, -0.2) is 12.1 Å². The van der Waals surface area contributed by atoms with E-state index in [1.165, 1.54) is 5.56 Å². The van der Waals surface area contributed by atoms with Gasteiger partial charge in [-0.25, -0.2) is 5.43 Å². The van der Waals surface area contributed by atoms with Gasteiger partial charge in [-0.1, -0.05) is 18.2 Å². The Bertz CT molecular complexity index is 636.